The highest BCUT2D eigenvalue weighted by Crippen LogP contribution is 2.41. The first kappa shape index (κ1) is 12.7. The number of aliphatic hydroxyl groups excluding tert-OH is 1. The van der Waals surface area contributed by atoms with Gasteiger partial charge in [0.25, 0.3) is 0 Å². The lowest BCUT2D eigenvalue weighted by Crippen LogP contribution is -2.50. The van der Waals surface area contributed by atoms with Crippen molar-refractivity contribution in [2.45, 2.75) is 30.9 Å². The van der Waals surface area contributed by atoms with Crippen LogP contribution in [0.1, 0.15) is 18.6 Å². The van der Waals surface area contributed by atoms with E-state index in [1.54, 1.807) is 6.92 Å². The fourth-order valence-electron chi connectivity index (χ4n) is 2.33. The average molecular weight is 281 g/mol. The van der Waals surface area contributed by atoms with Crippen LogP contribution in [0.25, 0.3) is 10.2 Å². The van der Waals surface area contributed by atoms with Crippen molar-refractivity contribution in [2.75, 3.05) is 5.73 Å². The monoisotopic (exact) mass is 281 g/mol. The third kappa shape index (κ3) is 1.80. The number of nitrogens with two attached hydrogens (primary N) is 3. The molecule has 1 aliphatic rings. The maximum atomic E-state index is 9.99. The molecule has 0 amide bonds. The minimum atomic E-state index is -1.17. The summed E-state index contributed by atoms with van der Waals surface area (Å²) < 4.78 is 6.46. The smallest absolute Gasteiger partial charge is 0.144 e. The van der Waals surface area contributed by atoms with Gasteiger partial charge >= 0.3 is 0 Å². The van der Waals surface area contributed by atoms with Gasteiger partial charge in [-0.05, 0) is 12.3 Å². The Morgan fingerprint density at radius 2 is 2.21 bits per heavy atom. The summed E-state index contributed by atoms with van der Waals surface area (Å²) in [4.78, 5) is 8.16. The molecule has 0 aliphatic carbocycles. The molecule has 7 N–H and O–H groups in total. The first-order valence-corrected chi connectivity index (χ1v) is 6.67. The standard InChI is InChI=1S/C11H15N5O2S/c1-11(14)9(17)5(12)7(18-11)4-2-19-8-6(4)15-3-16-10(8)13/h2-3,5,7,9,17H,12,14H2,1H3,(H2,13,15,16)/t5-,7-,9-,11+/m0/s1. The maximum absolute atomic E-state index is 9.99. The summed E-state index contributed by atoms with van der Waals surface area (Å²) in [6.45, 7) is 1.61. The highest BCUT2D eigenvalue weighted by Gasteiger charge is 2.49. The van der Waals surface area contributed by atoms with Crippen LogP contribution in [0.15, 0.2) is 11.7 Å². The van der Waals surface area contributed by atoms with Crippen LogP contribution in [-0.4, -0.2) is 32.9 Å². The Hall–Kier alpha value is -1.32. The summed E-state index contributed by atoms with van der Waals surface area (Å²) in [6, 6.07) is -0.607. The van der Waals surface area contributed by atoms with Gasteiger partial charge in [0.2, 0.25) is 0 Å². The molecule has 19 heavy (non-hydrogen) atoms. The fourth-order valence-corrected chi connectivity index (χ4v) is 3.28. The average Bonchev–Trinajstić information content (AvgIpc) is 2.86. The molecule has 0 saturated carbocycles. The first-order valence-electron chi connectivity index (χ1n) is 5.79. The molecule has 102 valence electrons. The van der Waals surface area contributed by atoms with E-state index >= 15 is 0 Å². The van der Waals surface area contributed by atoms with E-state index in [-0.39, 0.29) is 0 Å². The molecule has 8 heteroatoms. The quantitative estimate of drug-likeness (QED) is 0.564. The van der Waals surface area contributed by atoms with Crippen molar-refractivity contribution in [3.8, 4) is 0 Å². The molecule has 1 saturated heterocycles. The summed E-state index contributed by atoms with van der Waals surface area (Å²) in [6.07, 6.45) is -0.0495. The number of rotatable bonds is 1. The van der Waals surface area contributed by atoms with Crippen LogP contribution in [0.5, 0.6) is 0 Å². The van der Waals surface area contributed by atoms with Crippen molar-refractivity contribution in [1.82, 2.24) is 9.97 Å². The number of fused-ring (bicyclic) bond motifs is 1. The SMILES string of the molecule is C[C@@]1(N)O[C@@H](c2csc3c(N)ncnc23)[C@H](N)[C@@H]1O. The van der Waals surface area contributed by atoms with E-state index < -0.39 is 24.0 Å². The Bertz CT molecular complexity index is 629. The van der Waals surface area contributed by atoms with Crippen LogP contribution >= 0.6 is 11.3 Å². The molecular weight excluding hydrogens is 266 g/mol. The van der Waals surface area contributed by atoms with Gasteiger partial charge in [-0.3, -0.25) is 0 Å². The van der Waals surface area contributed by atoms with Crippen molar-refractivity contribution in [1.29, 1.82) is 0 Å². The number of thiophene rings is 1. The van der Waals surface area contributed by atoms with Crippen molar-refractivity contribution in [3.05, 3.63) is 17.3 Å². The van der Waals surface area contributed by atoms with Crippen LogP contribution in [0.3, 0.4) is 0 Å². The summed E-state index contributed by atoms with van der Waals surface area (Å²) in [5.74, 6) is 0.420. The molecule has 0 spiro atoms. The van der Waals surface area contributed by atoms with Gasteiger partial charge in [0, 0.05) is 5.56 Å². The number of aliphatic hydroxyl groups is 1. The molecule has 2 aromatic rings. The van der Waals surface area contributed by atoms with Crippen molar-refractivity contribution < 1.29 is 9.84 Å². The zero-order valence-electron chi connectivity index (χ0n) is 10.3. The highest BCUT2D eigenvalue weighted by molar-refractivity contribution is 7.17. The number of anilines is 1. The van der Waals surface area contributed by atoms with E-state index in [1.165, 1.54) is 17.7 Å². The van der Waals surface area contributed by atoms with Gasteiger partial charge in [0.15, 0.2) is 0 Å². The Labute approximate surface area is 113 Å². The molecule has 3 heterocycles. The molecule has 0 bridgehead atoms. The second-order valence-corrected chi connectivity index (χ2v) is 5.75. The van der Waals surface area contributed by atoms with Crippen molar-refractivity contribution >= 4 is 27.4 Å². The zero-order chi connectivity index (χ0) is 13.8. The van der Waals surface area contributed by atoms with E-state index in [4.69, 9.17) is 21.9 Å². The third-order valence-electron chi connectivity index (χ3n) is 3.40. The molecule has 4 atom stereocenters. The second-order valence-electron chi connectivity index (χ2n) is 4.87. The third-order valence-corrected chi connectivity index (χ3v) is 4.41. The van der Waals surface area contributed by atoms with Gasteiger partial charge in [-0.1, -0.05) is 0 Å². The summed E-state index contributed by atoms with van der Waals surface area (Å²) in [5.41, 5.74) is 18.0. The van der Waals surface area contributed by atoms with Crippen LogP contribution in [-0.2, 0) is 4.74 Å². The van der Waals surface area contributed by atoms with Crippen molar-refractivity contribution in [3.63, 3.8) is 0 Å². The van der Waals surface area contributed by atoms with Gasteiger partial charge in [0.1, 0.15) is 30.1 Å². The molecule has 7 nitrogen and oxygen atoms in total. The Kier molecular flexibility index (Phi) is 2.73. The summed E-state index contributed by atoms with van der Waals surface area (Å²) in [5, 5.41) is 11.9. The number of nitrogen functional groups attached to an aromatic ring is 1. The van der Waals surface area contributed by atoms with Crippen LogP contribution < -0.4 is 17.2 Å². The van der Waals surface area contributed by atoms with Crippen LogP contribution in [0.4, 0.5) is 5.82 Å². The Morgan fingerprint density at radius 3 is 2.84 bits per heavy atom. The number of hydrogen-bond acceptors (Lipinski definition) is 8. The van der Waals surface area contributed by atoms with E-state index in [0.717, 1.165) is 10.3 Å². The Balaban J connectivity index is 2.09. The maximum Gasteiger partial charge on any atom is 0.144 e. The zero-order valence-corrected chi connectivity index (χ0v) is 11.1. The minimum Gasteiger partial charge on any atom is -0.387 e. The second kappa shape index (κ2) is 4.09. The summed E-state index contributed by atoms with van der Waals surface area (Å²) >= 11 is 1.42. The highest BCUT2D eigenvalue weighted by atomic mass is 32.1. The molecule has 2 aromatic heterocycles. The predicted molar refractivity (Wildman–Crippen MR) is 72.2 cm³/mol. The summed E-state index contributed by atoms with van der Waals surface area (Å²) in [7, 11) is 0. The molecular formula is C11H15N5O2S. The van der Waals surface area contributed by atoms with Crippen molar-refractivity contribution in [2.24, 2.45) is 11.5 Å². The molecule has 0 unspecified atom stereocenters. The van der Waals surface area contributed by atoms with Gasteiger partial charge in [-0.15, -0.1) is 11.3 Å². The van der Waals surface area contributed by atoms with E-state index in [0.29, 0.717) is 11.3 Å². The molecule has 1 fully saturated rings. The lowest BCUT2D eigenvalue weighted by Gasteiger charge is -2.21. The van der Waals surface area contributed by atoms with Gasteiger partial charge in [0.05, 0.1) is 16.3 Å². The number of nitrogens with zero attached hydrogens (tertiary/aromatic N) is 2. The lowest BCUT2D eigenvalue weighted by molar-refractivity contribution is -0.0657. The normalized spacial score (nSPS) is 35.1. The van der Waals surface area contributed by atoms with Crippen LogP contribution in [0, 0.1) is 0 Å². The fraction of sp³-hybridized carbons (Fsp3) is 0.455. The molecule has 0 aromatic carbocycles. The van der Waals surface area contributed by atoms with Gasteiger partial charge < -0.3 is 27.0 Å². The molecule has 0 radical (unpaired) electrons. The van der Waals surface area contributed by atoms with Gasteiger partial charge in [-0.2, -0.15) is 0 Å². The molecule has 3 rings (SSSR count). The van der Waals surface area contributed by atoms with E-state index in [9.17, 15) is 5.11 Å². The largest absolute Gasteiger partial charge is 0.387 e. The van der Waals surface area contributed by atoms with E-state index in [2.05, 4.69) is 9.97 Å². The number of hydrogen-bond donors (Lipinski definition) is 4. The predicted octanol–water partition coefficient (Wildman–Crippen LogP) is -0.292. The molecule has 1 aliphatic heterocycles. The lowest BCUT2D eigenvalue weighted by atomic mass is 9.99. The Morgan fingerprint density at radius 1 is 1.47 bits per heavy atom. The van der Waals surface area contributed by atoms with E-state index in [1.807, 2.05) is 5.38 Å². The van der Waals surface area contributed by atoms with Gasteiger partial charge in [-0.25, -0.2) is 9.97 Å². The minimum absolute atomic E-state index is 0.420. The van der Waals surface area contributed by atoms with Crippen LogP contribution in [0.2, 0.25) is 0 Å². The number of ether oxygens (including phenoxy) is 1. The first-order chi connectivity index (χ1) is 8.92. The topological polar surface area (TPSA) is 133 Å². The number of aromatic nitrogens is 2.